The standard InChI is InChI=1S/C12H10ClFN2O/c1-2-16-11(5-6-15-16)12(17)9-4-3-8(14)7-10(9)13/h3-7H,2H2,1H3. The highest BCUT2D eigenvalue weighted by molar-refractivity contribution is 6.34. The molecule has 0 unspecified atom stereocenters. The smallest absolute Gasteiger partial charge is 0.212 e. The molecule has 2 rings (SSSR count). The summed E-state index contributed by atoms with van der Waals surface area (Å²) in [6.07, 6.45) is 1.55. The summed E-state index contributed by atoms with van der Waals surface area (Å²) in [6, 6.07) is 5.34. The summed E-state index contributed by atoms with van der Waals surface area (Å²) >= 11 is 5.85. The molecule has 0 saturated heterocycles. The monoisotopic (exact) mass is 252 g/mol. The molecule has 0 N–H and O–H groups in total. The van der Waals surface area contributed by atoms with E-state index in [9.17, 15) is 9.18 Å². The van der Waals surface area contributed by atoms with Crippen LogP contribution in [0, 0.1) is 5.82 Å². The molecular formula is C12H10ClFN2O. The van der Waals surface area contributed by atoms with Crippen LogP contribution in [0.25, 0.3) is 0 Å². The number of aryl methyl sites for hydroxylation is 1. The fourth-order valence-corrected chi connectivity index (χ4v) is 1.84. The molecule has 2 aromatic rings. The zero-order valence-corrected chi connectivity index (χ0v) is 9.91. The Kier molecular flexibility index (Phi) is 3.24. The van der Waals surface area contributed by atoms with Gasteiger partial charge >= 0.3 is 0 Å². The first kappa shape index (κ1) is 11.8. The SMILES string of the molecule is CCn1nccc1C(=O)c1ccc(F)cc1Cl. The van der Waals surface area contributed by atoms with Crippen LogP contribution in [0.2, 0.25) is 5.02 Å². The van der Waals surface area contributed by atoms with Gasteiger partial charge in [-0.05, 0) is 31.2 Å². The van der Waals surface area contributed by atoms with Crippen LogP contribution in [0.3, 0.4) is 0 Å². The number of aromatic nitrogens is 2. The molecule has 0 fully saturated rings. The Balaban J connectivity index is 2.44. The van der Waals surface area contributed by atoms with E-state index in [0.29, 0.717) is 12.2 Å². The summed E-state index contributed by atoms with van der Waals surface area (Å²) in [7, 11) is 0. The summed E-state index contributed by atoms with van der Waals surface area (Å²) in [6.45, 7) is 2.48. The van der Waals surface area contributed by atoms with E-state index in [0.717, 1.165) is 6.07 Å². The molecule has 0 spiro atoms. The minimum Gasteiger partial charge on any atom is -0.287 e. The van der Waals surface area contributed by atoms with Crippen molar-refractivity contribution in [3.8, 4) is 0 Å². The van der Waals surface area contributed by atoms with Crippen LogP contribution in [0.15, 0.2) is 30.5 Å². The Morgan fingerprint density at radius 3 is 2.88 bits per heavy atom. The molecule has 0 amide bonds. The van der Waals surface area contributed by atoms with Gasteiger partial charge < -0.3 is 0 Å². The summed E-state index contributed by atoms with van der Waals surface area (Å²) in [5.74, 6) is -0.718. The number of hydrogen-bond donors (Lipinski definition) is 0. The largest absolute Gasteiger partial charge is 0.287 e. The quantitative estimate of drug-likeness (QED) is 0.788. The fraction of sp³-hybridized carbons (Fsp3) is 0.167. The number of rotatable bonds is 3. The van der Waals surface area contributed by atoms with Crippen LogP contribution in [0.1, 0.15) is 23.0 Å². The second-order valence-corrected chi connectivity index (χ2v) is 3.89. The van der Waals surface area contributed by atoms with Crippen LogP contribution in [0.5, 0.6) is 0 Å². The molecule has 3 nitrogen and oxygen atoms in total. The maximum Gasteiger partial charge on any atom is 0.212 e. The normalized spacial score (nSPS) is 10.5. The zero-order valence-electron chi connectivity index (χ0n) is 9.15. The van der Waals surface area contributed by atoms with E-state index in [1.54, 1.807) is 16.9 Å². The molecular weight excluding hydrogens is 243 g/mol. The first-order valence-corrected chi connectivity index (χ1v) is 5.53. The van der Waals surface area contributed by atoms with Crippen molar-refractivity contribution in [3.05, 3.63) is 52.6 Å². The molecule has 0 atom stereocenters. The van der Waals surface area contributed by atoms with E-state index >= 15 is 0 Å². The Bertz CT molecular complexity index is 565. The minimum absolute atomic E-state index is 0.110. The highest BCUT2D eigenvalue weighted by Gasteiger charge is 2.16. The lowest BCUT2D eigenvalue weighted by atomic mass is 10.1. The third-order valence-corrected chi connectivity index (χ3v) is 2.74. The van der Waals surface area contributed by atoms with Gasteiger partial charge in [-0.25, -0.2) is 4.39 Å². The van der Waals surface area contributed by atoms with Crippen LogP contribution >= 0.6 is 11.6 Å². The van der Waals surface area contributed by atoms with Gasteiger partial charge in [0.1, 0.15) is 11.5 Å². The van der Waals surface area contributed by atoms with E-state index in [1.165, 1.54) is 12.1 Å². The molecule has 1 aromatic carbocycles. The van der Waals surface area contributed by atoms with Gasteiger partial charge in [0.2, 0.25) is 5.78 Å². The van der Waals surface area contributed by atoms with Crippen molar-refractivity contribution in [2.75, 3.05) is 0 Å². The predicted molar refractivity (Wildman–Crippen MR) is 62.7 cm³/mol. The molecule has 1 heterocycles. The molecule has 0 saturated carbocycles. The first-order chi connectivity index (χ1) is 8.13. The topological polar surface area (TPSA) is 34.9 Å². The molecule has 17 heavy (non-hydrogen) atoms. The Labute approximate surface area is 103 Å². The molecule has 0 aliphatic heterocycles. The maximum absolute atomic E-state index is 12.9. The van der Waals surface area contributed by atoms with E-state index in [1.807, 2.05) is 6.92 Å². The Morgan fingerprint density at radius 2 is 2.24 bits per heavy atom. The third kappa shape index (κ3) is 2.22. The summed E-state index contributed by atoms with van der Waals surface area (Å²) in [4.78, 5) is 12.2. The maximum atomic E-state index is 12.9. The van der Waals surface area contributed by atoms with Crippen molar-refractivity contribution in [2.45, 2.75) is 13.5 Å². The van der Waals surface area contributed by atoms with Crippen molar-refractivity contribution in [1.82, 2.24) is 9.78 Å². The van der Waals surface area contributed by atoms with Crippen LogP contribution < -0.4 is 0 Å². The Hall–Kier alpha value is -1.68. The second-order valence-electron chi connectivity index (χ2n) is 3.49. The molecule has 0 radical (unpaired) electrons. The van der Waals surface area contributed by atoms with E-state index in [-0.39, 0.29) is 16.4 Å². The van der Waals surface area contributed by atoms with Crippen molar-refractivity contribution >= 4 is 17.4 Å². The van der Waals surface area contributed by atoms with Gasteiger partial charge in [0.15, 0.2) is 0 Å². The van der Waals surface area contributed by atoms with Gasteiger partial charge in [0, 0.05) is 18.3 Å². The lowest BCUT2D eigenvalue weighted by Crippen LogP contribution is -2.11. The van der Waals surface area contributed by atoms with E-state index < -0.39 is 5.82 Å². The number of nitrogens with zero attached hydrogens (tertiary/aromatic N) is 2. The average molecular weight is 253 g/mol. The van der Waals surface area contributed by atoms with Crippen molar-refractivity contribution in [2.24, 2.45) is 0 Å². The molecule has 0 aliphatic carbocycles. The average Bonchev–Trinajstić information content (AvgIpc) is 2.76. The summed E-state index contributed by atoms with van der Waals surface area (Å²) < 4.78 is 14.5. The number of benzene rings is 1. The lowest BCUT2D eigenvalue weighted by Gasteiger charge is -2.05. The highest BCUT2D eigenvalue weighted by Crippen LogP contribution is 2.20. The minimum atomic E-state index is -0.462. The highest BCUT2D eigenvalue weighted by atomic mass is 35.5. The first-order valence-electron chi connectivity index (χ1n) is 5.15. The molecule has 5 heteroatoms. The summed E-state index contributed by atoms with van der Waals surface area (Å²) in [5, 5.41) is 4.12. The lowest BCUT2D eigenvalue weighted by molar-refractivity contribution is 0.102. The van der Waals surface area contributed by atoms with Crippen molar-refractivity contribution < 1.29 is 9.18 Å². The molecule has 1 aromatic heterocycles. The second kappa shape index (κ2) is 4.67. The van der Waals surface area contributed by atoms with Gasteiger partial charge in [-0.1, -0.05) is 11.6 Å². The van der Waals surface area contributed by atoms with E-state index in [4.69, 9.17) is 11.6 Å². The fourth-order valence-electron chi connectivity index (χ4n) is 1.59. The summed E-state index contributed by atoms with van der Waals surface area (Å²) in [5.41, 5.74) is 0.726. The number of carbonyl (C=O) groups excluding carboxylic acids is 1. The Morgan fingerprint density at radius 1 is 1.47 bits per heavy atom. The number of ketones is 1. The van der Waals surface area contributed by atoms with Crippen LogP contribution in [0.4, 0.5) is 4.39 Å². The molecule has 0 aliphatic rings. The zero-order chi connectivity index (χ0) is 12.4. The predicted octanol–water partition coefficient (Wildman–Crippen LogP) is 2.93. The van der Waals surface area contributed by atoms with Gasteiger partial charge in [0.05, 0.1) is 5.02 Å². The van der Waals surface area contributed by atoms with Gasteiger partial charge in [-0.3, -0.25) is 9.48 Å². The van der Waals surface area contributed by atoms with Gasteiger partial charge in [-0.15, -0.1) is 0 Å². The van der Waals surface area contributed by atoms with Crippen molar-refractivity contribution in [3.63, 3.8) is 0 Å². The number of hydrogen-bond acceptors (Lipinski definition) is 2. The molecule has 88 valence electrons. The van der Waals surface area contributed by atoms with Crippen LogP contribution in [-0.4, -0.2) is 15.6 Å². The van der Waals surface area contributed by atoms with Gasteiger partial charge in [-0.2, -0.15) is 5.10 Å². The molecule has 0 bridgehead atoms. The van der Waals surface area contributed by atoms with Gasteiger partial charge in [0.25, 0.3) is 0 Å². The third-order valence-electron chi connectivity index (χ3n) is 2.42. The number of carbonyl (C=O) groups is 1. The van der Waals surface area contributed by atoms with E-state index in [2.05, 4.69) is 5.10 Å². The van der Waals surface area contributed by atoms with Crippen molar-refractivity contribution in [1.29, 1.82) is 0 Å². The van der Waals surface area contributed by atoms with Crippen LogP contribution in [-0.2, 0) is 6.54 Å². The number of halogens is 2.